The zero-order valence-electron chi connectivity index (χ0n) is 15.2. The van der Waals surface area contributed by atoms with Crippen molar-refractivity contribution in [1.29, 1.82) is 0 Å². The van der Waals surface area contributed by atoms with Crippen LogP contribution >= 0.6 is 12.4 Å². The first-order valence-corrected chi connectivity index (χ1v) is 8.46. The Morgan fingerprint density at radius 1 is 1.00 bits per heavy atom. The van der Waals surface area contributed by atoms with Gasteiger partial charge in [0.25, 0.3) is 0 Å². The van der Waals surface area contributed by atoms with Crippen molar-refractivity contribution < 1.29 is 23.9 Å². The highest BCUT2D eigenvalue weighted by Gasteiger charge is 2.24. The van der Waals surface area contributed by atoms with Crippen LogP contribution in [0.2, 0.25) is 0 Å². The van der Waals surface area contributed by atoms with Gasteiger partial charge in [-0.25, -0.2) is 0 Å². The monoisotopic (exact) mass is 352 g/mol. The molecule has 0 bridgehead atoms. The van der Waals surface area contributed by atoms with Gasteiger partial charge in [-0.15, -0.1) is 12.4 Å². The number of carbonyl (C=O) groups is 2. The fourth-order valence-corrected chi connectivity index (χ4v) is 2.42. The molecule has 138 valence electrons. The second-order valence-corrected chi connectivity index (χ2v) is 7.05. The molecule has 6 heteroatoms. The molecule has 0 fully saturated rings. The van der Waals surface area contributed by atoms with E-state index in [9.17, 15) is 9.59 Å². The summed E-state index contributed by atoms with van der Waals surface area (Å²) in [6.45, 7) is 2.70. The van der Waals surface area contributed by atoms with Gasteiger partial charge in [0.1, 0.15) is 6.54 Å². The van der Waals surface area contributed by atoms with E-state index in [4.69, 9.17) is 9.84 Å². The number of likely N-dealkylation sites (N-methyl/N-ethyl adjacent to an activating group) is 1. The Morgan fingerprint density at radius 2 is 1.52 bits per heavy atom. The quantitative estimate of drug-likeness (QED) is 0.312. The van der Waals surface area contributed by atoms with Crippen LogP contribution in [0, 0.1) is 0 Å². The Hall–Kier alpha value is -0.810. The van der Waals surface area contributed by atoms with Gasteiger partial charge in [0.15, 0.2) is 6.10 Å². The summed E-state index contributed by atoms with van der Waals surface area (Å²) in [4.78, 5) is 22.7. The van der Waals surface area contributed by atoms with Crippen LogP contribution in [0.1, 0.15) is 64.7 Å². The molecular formula is C17H35ClNO4+. The zero-order valence-corrected chi connectivity index (χ0v) is 16.0. The molecule has 0 aliphatic carbocycles. The molecule has 0 radical (unpaired) electrons. The lowest BCUT2D eigenvalue weighted by Gasteiger charge is -2.28. The molecule has 0 aliphatic heterocycles. The van der Waals surface area contributed by atoms with Crippen LogP contribution in [-0.4, -0.2) is 55.3 Å². The zero-order chi connectivity index (χ0) is 17.0. The summed E-state index contributed by atoms with van der Waals surface area (Å²) in [5.41, 5.74) is 0. The molecular weight excluding hydrogens is 318 g/mol. The van der Waals surface area contributed by atoms with Gasteiger partial charge in [-0.1, -0.05) is 45.4 Å². The predicted octanol–water partition coefficient (Wildman–Crippen LogP) is 3.64. The van der Waals surface area contributed by atoms with Gasteiger partial charge >= 0.3 is 11.9 Å². The van der Waals surface area contributed by atoms with Crippen LogP contribution in [-0.2, 0) is 14.3 Å². The van der Waals surface area contributed by atoms with Crippen LogP contribution < -0.4 is 0 Å². The van der Waals surface area contributed by atoms with Gasteiger partial charge in [0.05, 0.1) is 27.6 Å². The molecule has 0 aromatic rings. The Bertz CT molecular complexity index is 329. The molecule has 0 heterocycles. The lowest BCUT2D eigenvalue weighted by molar-refractivity contribution is -0.873. The van der Waals surface area contributed by atoms with Crippen LogP contribution in [0.15, 0.2) is 0 Å². The number of nitrogens with zero attached hydrogens (tertiary/aromatic N) is 1. The van der Waals surface area contributed by atoms with E-state index in [2.05, 4.69) is 6.92 Å². The van der Waals surface area contributed by atoms with Crippen molar-refractivity contribution in [2.24, 2.45) is 0 Å². The van der Waals surface area contributed by atoms with Crippen LogP contribution in [0.25, 0.3) is 0 Å². The first kappa shape index (κ1) is 24.4. The standard InChI is InChI=1S/C17H33NO4.ClH/c1-5-6-7-8-9-10-11-12-17(21)22-15(13-16(19)20)14-18(2,3)4;/h15H,5-14H2,1-4H3;1H/p+1. The van der Waals surface area contributed by atoms with E-state index in [-0.39, 0.29) is 24.8 Å². The third kappa shape index (κ3) is 17.4. The van der Waals surface area contributed by atoms with Crippen molar-refractivity contribution >= 4 is 24.3 Å². The molecule has 1 unspecified atom stereocenters. The maximum absolute atomic E-state index is 11.8. The van der Waals surface area contributed by atoms with Crippen molar-refractivity contribution in [3.63, 3.8) is 0 Å². The minimum absolute atomic E-state index is 0. The molecule has 0 spiro atoms. The first-order chi connectivity index (χ1) is 10.2. The van der Waals surface area contributed by atoms with Gasteiger partial charge in [-0.05, 0) is 6.42 Å². The van der Waals surface area contributed by atoms with Crippen molar-refractivity contribution in [3.8, 4) is 0 Å². The number of hydrogen-bond acceptors (Lipinski definition) is 3. The minimum atomic E-state index is -0.929. The number of carbonyl (C=O) groups excluding carboxylic acids is 1. The Balaban J connectivity index is 0. The fourth-order valence-electron chi connectivity index (χ4n) is 2.42. The highest BCUT2D eigenvalue weighted by molar-refractivity contribution is 5.85. The summed E-state index contributed by atoms with van der Waals surface area (Å²) in [6.07, 6.45) is 7.76. The molecule has 0 aliphatic rings. The molecule has 0 rings (SSSR count). The second-order valence-electron chi connectivity index (χ2n) is 7.05. The third-order valence-electron chi connectivity index (χ3n) is 3.44. The number of aliphatic carboxylic acids is 1. The molecule has 1 atom stereocenters. The number of halogens is 1. The maximum atomic E-state index is 11.8. The number of carboxylic acid groups (broad SMARTS) is 1. The van der Waals surface area contributed by atoms with E-state index in [1.165, 1.54) is 25.7 Å². The molecule has 0 saturated carbocycles. The summed E-state index contributed by atoms with van der Waals surface area (Å²) < 4.78 is 5.92. The molecule has 0 aromatic carbocycles. The van der Waals surface area contributed by atoms with Crippen molar-refractivity contribution in [2.75, 3.05) is 27.7 Å². The van der Waals surface area contributed by atoms with E-state index >= 15 is 0 Å². The van der Waals surface area contributed by atoms with Gasteiger partial charge < -0.3 is 14.3 Å². The second kappa shape index (κ2) is 13.6. The lowest BCUT2D eigenvalue weighted by Crippen LogP contribution is -2.43. The normalized spacial score (nSPS) is 12.3. The summed E-state index contributed by atoms with van der Waals surface area (Å²) >= 11 is 0. The predicted molar refractivity (Wildman–Crippen MR) is 94.9 cm³/mol. The summed E-state index contributed by atoms with van der Waals surface area (Å²) in [7, 11) is 5.87. The van der Waals surface area contributed by atoms with Gasteiger partial charge in [0, 0.05) is 6.42 Å². The maximum Gasteiger partial charge on any atom is 0.307 e. The average molecular weight is 353 g/mol. The van der Waals surface area contributed by atoms with Gasteiger partial charge in [0.2, 0.25) is 0 Å². The highest BCUT2D eigenvalue weighted by Crippen LogP contribution is 2.11. The number of quaternary nitrogens is 1. The van der Waals surface area contributed by atoms with Crippen LogP contribution in [0.4, 0.5) is 0 Å². The minimum Gasteiger partial charge on any atom is -0.481 e. The summed E-state index contributed by atoms with van der Waals surface area (Å²) in [5.74, 6) is -1.20. The van der Waals surface area contributed by atoms with Crippen LogP contribution in [0.5, 0.6) is 0 Å². The summed E-state index contributed by atoms with van der Waals surface area (Å²) in [5, 5.41) is 8.91. The topological polar surface area (TPSA) is 63.6 Å². The highest BCUT2D eigenvalue weighted by atomic mass is 35.5. The molecule has 0 aromatic heterocycles. The van der Waals surface area contributed by atoms with Crippen LogP contribution in [0.3, 0.4) is 0 Å². The number of hydrogen-bond donors (Lipinski definition) is 1. The van der Waals surface area contributed by atoms with E-state index in [1.807, 2.05) is 21.1 Å². The number of carboxylic acids is 1. The first-order valence-electron chi connectivity index (χ1n) is 8.46. The SMILES string of the molecule is CCCCCCCCCC(=O)OC(CC(=O)O)C[N+](C)(C)C.Cl. The van der Waals surface area contributed by atoms with E-state index < -0.39 is 12.1 Å². The van der Waals surface area contributed by atoms with E-state index in [1.54, 1.807) is 0 Å². The number of rotatable bonds is 13. The Morgan fingerprint density at radius 3 is 2.00 bits per heavy atom. The average Bonchev–Trinajstić information content (AvgIpc) is 2.34. The lowest BCUT2D eigenvalue weighted by atomic mass is 10.1. The third-order valence-corrected chi connectivity index (χ3v) is 3.44. The molecule has 0 amide bonds. The fraction of sp³-hybridized carbons (Fsp3) is 0.882. The van der Waals surface area contributed by atoms with Crippen molar-refractivity contribution in [3.05, 3.63) is 0 Å². The summed E-state index contributed by atoms with van der Waals surface area (Å²) in [6, 6.07) is 0. The van der Waals surface area contributed by atoms with Crippen molar-refractivity contribution in [1.82, 2.24) is 0 Å². The van der Waals surface area contributed by atoms with Gasteiger partial charge in [-0.3, -0.25) is 9.59 Å². The Labute approximate surface area is 147 Å². The number of ether oxygens (including phenoxy) is 1. The molecule has 1 N–H and O–H groups in total. The van der Waals surface area contributed by atoms with Crippen molar-refractivity contribution in [2.45, 2.75) is 70.8 Å². The number of esters is 1. The van der Waals surface area contributed by atoms with E-state index in [0.717, 1.165) is 19.3 Å². The largest absolute Gasteiger partial charge is 0.481 e. The molecule has 5 nitrogen and oxygen atoms in total. The Kier molecular flexibility index (Phi) is 14.5. The van der Waals surface area contributed by atoms with E-state index in [0.29, 0.717) is 17.4 Å². The van der Waals surface area contributed by atoms with Gasteiger partial charge in [-0.2, -0.15) is 0 Å². The molecule has 0 saturated heterocycles. The smallest absolute Gasteiger partial charge is 0.307 e. The number of unbranched alkanes of at least 4 members (excludes halogenated alkanes) is 6. The molecule has 23 heavy (non-hydrogen) atoms.